The Kier molecular flexibility index (Phi) is 7.22. The first-order valence-corrected chi connectivity index (χ1v) is 10.2. The third-order valence-corrected chi connectivity index (χ3v) is 5.46. The smallest absolute Gasteiger partial charge is 0.172 e. The molecule has 1 fully saturated rings. The molecule has 1 aliphatic rings. The van der Waals surface area contributed by atoms with Crippen molar-refractivity contribution in [2.24, 2.45) is 5.73 Å². The first-order chi connectivity index (χ1) is 13.7. The van der Waals surface area contributed by atoms with Gasteiger partial charge < -0.3 is 20.5 Å². The molecule has 8 nitrogen and oxygen atoms in total. The highest BCUT2D eigenvalue weighted by Gasteiger charge is 2.27. The van der Waals surface area contributed by atoms with Gasteiger partial charge in [-0.1, -0.05) is 19.4 Å². The van der Waals surface area contributed by atoms with Crippen molar-refractivity contribution >= 4 is 0 Å². The number of nitrogens with one attached hydrogen (secondary N) is 1. The molecule has 1 aromatic carbocycles. The summed E-state index contributed by atoms with van der Waals surface area (Å²) in [5.74, 6) is 2.24. The van der Waals surface area contributed by atoms with Crippen LogP contribution in [-0.4, -0.2) is 46.5 Å². The van der Waals surface area contributed by atoms with Crippen molar-refractivity contribution < 1.29 is 9.47 Å². The molecule has 1 unspecified atom stereocenters. The Balaban J connectivity index is 1.91. The molecule has 0 radical (unpaired) electrons. The number of aryl methyl sites for hydroxylation is 1. The number of hydrogen-bond acceptors (Lipinski definition) is 7. The van der Waals surface area contributed by atoms with E-state index < -0.39 is 0 Å². The number of unbranched alkanes of at least 4 members (excludes halogenated alkanes) is 1. The fourth-order valence-electron chi connectivity index (χ4n) is 3.76. The van der Waals surface area contributed by atoms with Crippen LogP contribution in [0.4, 0.5) is 0 Å². The normalized spacial score (nSPS) is 20.7. The summed E-state index contributed by atoms with van der Waals surface area (Å²) in [5, 5.41) is 16.3. The average Bonchev–Trinajstić information content (AvgIpc) is 3.19. The van der Waals surface area contributed by atoms with Crippen molar-refractivity contribution in [2.75, 3.05) is 14.2 Å². The maximum atomic E-state index is 6.09. The number of ether oxygens (including phenoxy) is 2. The van der Waals surface area contributed by atoms with E-state index in [9.17, 15) is 0 Å². The highest BCUT2D eigenvalue weighted by molar-refractivity contribution is 5.44. The number of benzene rings is 1. The zero-order valence-corrected chi connectivity index (χ0v) is 17.1. The van der Waals surface area contributed by atoms with Crippen LogP contribution in [0.15, 0.2) is 18.2 Å². The van der Waals surface area contributed by atoms with Crippen LogP contribution in [0.1, 0.15) is 62.9 Å². The van der Waals surface area contributed by atoms with E-state index in [0.717, 1.165) is 56.5 Å². The molecular weight excluding hydrogens is 356 g/mol. The lowest BCUT2D eigenvalue weighted by molar-refractivity contribution is 0.319. The van der Waals surface area contributed by atoms with Crippen LogP contribution in [0.2, 0.25) is 0 Å². The quantitative estimate of drug-likeness (QED) is 0.680. The van der Waals surface area contributed by atoms with Gasteiger partial charge in [-0.25, -0.2) is 4.68 Å². The molecule has 1 aliphatic carbocycles. The number of methoxy groups -OCH3 is 2. The molecule has 2 aromatic rings. The van der Waals surface area contributed by atoms with Gasteiger partial charge in [0.25, 0.3) is 0 Å². The van der Waals surface area contributed by atoms with Crippen LogP contribution in [0.3, 0.4) is 0 Å². The lowest BCUT2D eigenvalue weighted by Crippen LogP contribution is -2.40. The fraction of sp³-hybridized carbons (Fsp3) is 0.650. The Bertz CT molecular complexity index is 742. The highest BCUT2D eigenvalue weighted by atomic mass is 16.5. The first-order valence-electron chi connectivity index (χ1n) is 10.2. The third kappa shape index (κ3) is 4.80. The molecule has 0 amide bonds. The Hall–Kier alpha value is -2.19. The average molecular weight is 389 g/mol. The fourth-order valence-corrected chi connectivity index (χ4v) is 3.76. The third-order valence-electron chi connectivity index (χ3n) is 5.46. The molecule has 1 aromatic heterocycles. The molecule has 1 atom stereocenters. The molecule has 1 heterocycles. The molecule has 0 spiro atoms. The van der Waals surface area contributed by atoms with Crippen molar-refractivity contribution in [1.29, 1.82) is 0 Å². The molecule has 28 heavy (non-hydrogen) atoms. The van der Waals surface area contributed by atoms with Gasteiger partial charge in [0.2, 0.25) is 0 Å². The Morgan fingerprint density at radius 3 is 2.61 bits per heavy atom. The molecule has 8 heteroatoms. The predicted molar refractivity (Wildman–Crippen MR) is 107 cm³/mol. The van der Waals surface area contributed by atoms with Gasteiger partial charge in [-0.3, -0.25) is 0 Å². The number of tetrazole rings is 1. The minimum atomic E-state index is -0.119. The number of aromatic nitrogens is 4. The topological polar surface area (TPSA) is 100 Å². The van der Waals surface area contributed by atoms with Gasteiger partial charge in [0.15, 0.2) is 17.3 Å². The molecule has 0 bridgehead atoms. The van der Waals surface area contributed by atoms with E-state index in [4.69, 9.17) is 15.2 Å². The molecule has 3 rings (SSSR count). The molecule has 0 saturated heterocycles. The summed E-state index contributed by atoms with van der Waals surface area (Å²) >= 11 is 0. The second-order valence-electron chi connectivity index (χ2n) is 7.44. The standard InChI is InChI=1S/C20H32N6O2/c1-4-5-12-26-20(23-24-25-26)19(22-16-9-7-15(21)8-10-16)14-6-11-17(27-2)18(13-14)28-3/h6,11,13,15-16,19,22H,4-5,7-10,12,21H2,1-3H3. The van der Waals surface area contributed by atoms with Crippen molar-refractivity contribution in [3.05, 3.63) is 29.6 Å². The minimum absolute atomic E-state index is 0.119. The number of rotatable bonds is 9. The van der Waals surface area contributed by atoms with Crippen molar-refractivity contribution in [3.8, 4) is 11.5 Å². The van der Waals surface area contributed by atoms with Crippen molar-refractivity contribution in [3.63, 3.8) is 0 Å². The van der Waals surface area contributed by atoms with E-state index in [2.05, 4.69) is 27.8 Å². The second kappa shape index (κ2) is 9.84. The van der Waals surface area contributed by atoms with Crippen LogP contribution < -0.4 is 20.5 Å². The van der Waals surface area contributed by atoms with Crippen LogP contribution in [0, 0.1) is 0 Å². The summed E-state index contributed by atoms with van der Waals surface area (Å²) in [5.41, 5.74) is 7.14. The lowest BCUT2D eigenvalue weighted by atomic mass is 9.90. The van der Waals surface area contributed by atoms with Crippen LogP contribution in [-0.2, 0) is 6.54 Å². The maximum absolute atomic E-state index is 6.09. The lowest BCUT2D eigenvalue weighted by Gasteiger charge is -2.31. The molecule has 0 aliphatic heterocycles. The van der Waals surface area contributed by atoms with E-state index >= 15 is 0 Å². The maximum Gasteiger partial charge on any atom is 0.172 e. The largest absolute Gasteiger partial charge is 0.493 e. The summed E-state index contributed by atoms with van der Waals surface area (Å²) in [6, 6.07) is 6.56. The summed E-state index contributed by atoms with van der Waals surface area (Å²) in [6.07, 6.45) is 6.32. The molecular formula is C20H32N6O2. The molecule has 154 valence electrons. The van der Waals surface area contributed by atoms with E-state index in [0.29, 0.717) is 23.6 Å². The van der Waals surface area contributed by atoms with Crippen LogP contribution >= 0.6 is 0 Å². The van der Waals surface area contributed by atoms with E-state index in [1.54, 1.807) is 14.2 Å². The zero-order chi connectivity index (χ0) is 19.9. The Labute approximate surface area is 166 Å². The number of nitrogens with zero attached hydrogens (tertiary/aromatic N) is 4. The Morgan fingerprint density at radius 2 is 1.93 bits per heavy atom. The first kappa shape index (κ1) is 20.5. The van der Waals surface area contributed by atoms with Crippen LogP contribution in [0.5, 0.6) is 11.5 Å². The Morgan fingerprint density at radius 1 is 1.18 bits per heavy atom. The van der Waals surface area contributed by atoms with Crippen molar-refractivity contribution in [1.82, 2.24) is 25.5 Å². The number of hydrogen-bond donors (Lipinski definition) is 2. The van der Waals surface area contributed by atoms with Crippen LogP contribution in [0.25, 0.3) is 0 Å². The van der Waals surface area contributed by atoms with Gasteiger partial charge >= 0.3 is 0 Å². The molecule has 3 N–H and O–H groups in total. The highest BCUT2D eigenvalue weighted by Crippen LogP contribution is 2.33. The van der Waals surface area contributed by atoms with Gasteiger partial charge in [-0.2, -0.15) is 0 Å². The summed E-state index contributed by atoms with van der Waals surface area (Å²) < 4.78 is 12.8. The van der Waals surface area contributed by atoms with Gasteiger partial charge in [-0.05, 0) is 60.2 Å². The van der Waals surface area contributed by atoms with E-state index in [-0.39, 0.29) is 6.04 Å². The second-order valence-corrected chi connectivity index (χ2v) is 7.44. The van der Waals surface area contributed by atoms with Gasteiger partial charge in [0, 0.05) is 18.6 Å². The predicted octanol–water partition coefficient (Wildman–Crippen LogP) is 2.44. The van der Waals surface area contributed by atoms with E-state index in [1.165, 1.54) is 0 Å². The van der Waals surface area contributed by atoms with Gasteiger partial charge in [0.05, 0.1) is 20.3 Å². The summed E-state index contributed by atoms with van der Waals surface area (Å²) in [6.45, 7) is 2.97. The zero-order valence-electron chi connectivity index (χ0n) is 17.1. The molecule has 1 saturated carbocycles. The summed E-state index contributed by atoms with van der Waals surface area (Å²) in [7, 11) is 3.29. The van der Waals surface area contributed by atoms with Crippen molar-refractivity contribution in [2.45, 2.75) is 70.1 Å². The van der Waals surface area contributed by atoms with E-state index in [1.807, 2.05) is 22.9 Å². The SMILES string of the molecule is CCCCn1nnnc1C(NC1CCC(N)CC1)c1ccc(OC)c(OC)c1. The van der Waals surface area contributed by atoms with Gasteiger partial charge in [0.1, 0.15) is 0 Å². The van der Waals surface area contributed by atoms with Gasteiger partial charge in [-0.15, -0.1) is 5.10 Å². The number of nitrogens with two attached hydrogens (primary N) is 1. The minimum Gasteiger partial charge on any atom is -0.493 e. The summed E-state index contributed by atoms with van der Waals surface area (Å²) in [4.78, 5) is 0. The monoisotopic (exact) mass is 388 g/mol.